The Labute approximate surface area is 222 Å². The number of hydrogen-bond acceptors (Lipinski definition) is 6. The van der Waals surface area contributed by atoms with E-state index in [0.717, 1.165) is 18.7 Å². The van der Waals surface area contributed by atoms with E-state index < -0.39 is 0 Å². The summed E-state index contributed by atoms with van der Waals surface area (Å²) in [4.78, 5) is 49.4. The molecule has 1 aliphatic carbocycles. The molecule has 1 atom stereocenters. The molecule has 3 amide bonds. The molecular weight excluding hydrogens is 494 g/mol. The normalized spacial score (nSPS) is 19.7. The zero-order valence-electron chi connectivity index (χ0n) is 21.3. The van der Waals surface area contributed by atoms with Gasteiger partial charge >= 0.3 is 0 Å². The van der Waals surface area contributed by atoms with Gasteiger partial charge in [0.25, 0.3) is 11.8 Å². The summed E-state index contributed by atoms with van der Waals surface area (Å²) in [5.41, 5.74) is 0.709. The van der Waals surface area contributed by atoms with E-state index in [1.165, 1.54) is 4.90 Å². The van der Waals surface area contributed by atoms with Gasteiger partial charge in [-0.2, -0.15) is 0 Å². The third-order valence-corrected chi connectivity index (χ3v) is 6.61. The summed E-state index contributed by atoms with van der Waals surface area (Å²) in [7, 11) is 0. The Balaban J connectivity index is 1.51. The predicted molar refractivity (Wildman–Crippen MR) is 140 cm³/mol. The van der Waals surface area contributed by atoms with Crippen molar-refractivity contribution in [2.75, 3.05) is 26.2 Å². The van der Waals surface area contributed by atoms with Crippen molar-refractivity contribution in [3.63, 3.8) is 0 Å². The van der Waals surface area contributed by atoms with Crippen molar-refractivity contribution >= 4 is 29.3 Å². The number of benzene rings is 1. The standard InChI is InChI=1S/C27H34ClN5O4/c1-17(2)11-21-16-37-23-8-7-20(28)12-22(23)26(35)29-9-3-4-10-33(15-24(34)32-21)27(36)19-13-30-25(31-14-19)18-5-6-18/h7-8,12-14,17-18,21H,3-6,9-11,15-16H2,1-2H3,(H,29,35)(H,32,34)/t21-/m1/s1. The molecule has 2 N–H and O–H groups in total. The third kappa shape index (κ3) is 7.64. The number of nitrogens with one attached hydrogen (secondary N) is 2. The van der Waals surface area contributed by atoms with Crippen LogP contribution >= 0.6 is 11.6 Å². The van der Waals surface area contributed by atoms with Crippen LogP contribution in [0.1, 0.15) is 78.4 Å². The lowest BCUT2D eigenvalue weighted by Gasteiger charge is -2.25. The highest BCUT2D eigenvalue weighted by Crippen LogP contribution is 2.37. The van der Waals surface area contributed by atoms with Gasteiger partial charge in [0.05, 0.1) is 23.7 Å². The molecule has 0 spiro atoms. The zero-order valence-corrected chi connectivity index (χ0v) is 22.1. The first-order valence-corrected chi connectivity index (χ1v) is 13.3. The van der Waals surface area contributed by atoms with E-state index in [1.54, 1.807) is 30.6 Å². The fourth-order valence-electron chi connectivity index (χ4n) is 4.34. The number of amides is 3. The number of hydrogen-bond donors (Lipinski definition) is 2. The second kappa shape index (κ2) is 12.4. The average Bonchev–Trinajstić information content (AvgIpc) is 3.71. The number of fused-ring (bicyclic) bond motifs is 1. The van der Waals surface area contributed by atoms with Gasteiger partial charge in [0.2, 0.25) is 5.91 Å². The van der Waals surface area contributed by atoms with Crippen LogP contribution in [0.3, 0.4) is 0 Å². The lowest BCUT2D eigenvalue weighted by molar-refractivity contribution is -0.122. The Morgan fingerprint density at radius 3 is 2.65 bits per heavy atom. The van der Waals surface area contributed by atoms with E-state index in [-0.39, 0.29) is 36.9 Å². The molecule has 0 radical (unpaired) electrons. The topological polar surface area (TPSA) is 114 Å². The molecule has 4 rings (SSSR count). The maximum atomic E-state index is 13.3. The van der Waals surface area contributed by atoms with Gasteiger partial charge in [-0.25, -0.2) is 9.97 Å². The lowest BCUT2D eigenvalue weighted by Crippen LogP contribution is -2.46. The third-order valence-electron chi connectivity index (χ3n) is 6.37. The molecule has 0 saturated heterocycles. The highest BCUT2D eigenvalue weighted by atomic mass is 35.5. The van der Waals surface area contributed by atoms with Crippen LogP contribution in [0.4, 0.5) is 0 Å². The SMILES string of the molecule is CC(C)C[C@@H]1COc2ccc(Cl)cc2C(=O)NCCCCN(C(=O)c2cnc(C3CC3)nc2)CC(=O)N1. The summed E-state index contributed by atoms with van der Waals surface area (Å²) in [6.45, 7) is 4.98. The van der Waals surface area contributed by atoms with Crippen LogP contribution in [-0.4, -0.2) is 64.9 Å². The van der Waals surface area contributed by atoms with Gasteiger partial charge in [0.1, 0.15) is 18.2 Å². The zero-order chi connectivity index (χ0) is 26.4. The Bertz CT molecular complexity index is 1120. The molecule has 1 aromatic heterocycles. The molecule has 2 aliphatic rings. The fourth-order valence-corrected chi connectivity index (χ4v) is 4.51. The van der Waals surface area contributed by atoms with Crippen molar-refractivity contribution in [1.29, 1.82) is 0 Å². The largest absolute Gasteiger partial charge is 0.491 e. The molecule has 2 heterocycles. The van der Waals surface area contributed by atoms with Crippen LogP contribution in [-0.2, 0) is 4.79 Å². The first-order valence-electron chi connectivity index (χ1n) is 12.9. The van der Waals surface area contributed by atoms with Crippen molar-refractivity contribution < 1.29 is 19.1 Å². The van der Waals surface area contributed by atoms with E-state index in [2.05, 4.69) is 34.4 Å². The Kier molecular flexibility index (Phi) is 8.97. The number of halogens is 1. The Hall–Kier alpha value is -3.20. The van der Waals surface area contributed by atoms with Gasteiger partial charge in [-0.05, 0) is 56.2 Å². The highest BCUT2D eigenvalue weighted by Gasteiger charge is 2.27. The summed E-state index contributed by atoms with van der Waals surface area (Å²) in [5.74, 6) is 1.03. The first kappa shape index (κ1) is 26.9. The monoisotopic (exact) mass is 527 g/mol. The number of aromatic nitrogens is 2. The summed E-state index contributed by atoms with van der Waals surface area (Å²) in [6.07, 6.45) is 7.16. The van der Waals surface area contributed by atoms with E-state index >= 15 is 0 Å². The minimum absolute atomic E-state index is 0.0869. The molecule has 1 aliphatic heterocycles. The molecule has 1 saturated carbocycles. The van der Waals surface area contributed by atoms with Crippen molar-refractivity contribution in [2.24, 2.45) is 5.92 Å². The van der Waals surface area contributed by atoms with Crippen molar-refractivity contribution in [3.8, 4) is 5.75 Å². The molecule has 2 aromatic rings. The molecule has 9 nitrogen and oxygen atoms in total. The number of carbonyl (C=O) groups excluding carboxylic acids is 3. The second-order valence-corrected chi connectivity index (χ2v) is 10.6. The van der Waals surface area contributed by atoms with Crippen LogP contribution in [0.15, 0.2) is 30.6 Å². The van der Waals surface area contributed by atoms with Gasteiger partial charge in [-0.15, -0.1) is 0 Å². The van der Waals surface area contributed by atoms with E-state index in [1.807, 2.05) is 0 Å². The Morgan fingerprint density at radius 1 is 1.19 bits per heavy atom. The van der Waals surface area contributed by atoms with E-state index in [0.29, 0.717) is 66.1 Å². The minimum Gasteiger partial charge on any atom is -0.491 e. The van der Waals surface area contributed by atoms with Crippen LogP contribution in [0, 0.1) is 5.92 Å². The second-order valence-electron chi connectivity index (χ2n) is 10.1. The van der Waals surface area contributed by atoms with Crippen LogP contribution in [0.5, 0.6) is 5.75 Å². The number of nitrogens with zero attached hydrogens (tertiary/aromatic N) is 3. The molecule has 0 unspecified atom stereocenters. The van der Waals surface area contributed by atoms with Crippen molar-refractivity contribution in [1.82, 2.24) is 25.5 Å². The summed E-state index contributed by atoms with van der Waals surface area (Å²) >= 11 is 6.14. The van der Waals surface area contributed by atoms with E-state index in [4.69, 9.17) is 16.3 Å². The van der Waals surface area contributed by atoms with Crippen LogP contribution < -0.4 is 15.4 Å². The average molecular weight is 528 g/mol. The van der Waals surface area contributed by atoms with E-state index in [9.17, 15) is 14.4 Å². The smallest absolute Gasteiger partial charge is 0.257 e. The van der Waals surface area contributed by atoms with Crippen molar-refractivity contribution in [2.45, 2.75) is 57.9 Å². The molecule has 1 aromatic carbocycles. The molecule has 10 heteroatoms. The molecule has 37 heavy (non-hydrogen) atoms. The number of carbonyl (C=O) groups is 3. The lowest BCUT2D eigenvalue weighted by atomic mass is 10.0. The first-order chi connectivity index (χ1) is 17.8. The molecular formula is C27H34ClN5O4. The molecule has 198 valence electrons. The fraction of sp³-hybridized carbons (Fsp3) is 0.519. The number of rotatable bonds is 4. The van der Waals surface area contributed by atoms with Gasteiger partial charge in [-0.1, -0.05) is 25.4 Å². The summed E-state index contributed by atoms with van der Waals surface area (Å²) in [5, 5.41) is 6.36. The van der Waals surface area contributed by atoms with Crippen molar-refractivity contribution in [3.05, 3.63) is 52.6 Å². The molecule has 1 fully saturated rings. The maximum Gasteiger partial charge on any atom is 0.257 e. The van der Waals surface area contributed by atoms with Gasteiger partial charge in [0, 0.05) is 36.4 Å². The predicted octanol–water partition coefficient (Wildman–Crippen LogP) is 3.58. The highest BCUT2D eigenvalue weighted by molar-refractivity contribution is 6.31. The minimum atomic E-state index is -0.303. The molecule has 0 bridgehead atoms. The quantitative estimate of drug-likeness (QED) is 0.628. The van der Waals surface area contributed by atoms with Gasteiger partial charge in [-0.3, -0.25) is 14.4 Å². The van der Waals surface area contributed by atoms with Crippen LogP contribution in [0.25, 0.3) is 0 Å². The number of ether oxygens (including phenoxy) is 1. The summed E-state index contributed by atoms with van der Waals surface area (Å²) in [6, 6.07) is 4.61. The van der Waals surface area contributed by atoms with Gasteiger partial charge < -0.3 is 20.3 Å². The Morgan fingerprint density at radius 2 is 1.95 bits per heavy atom. The van der Waals surface area contributed by atoms with Gasteiger partial charge in [0.15, 0.2) is 0 Å². The summed E-state index contributed by atoms with van der Waals surface area (Å²) < 4.78 is 6.00. The maximum absolute atomic E-state index is 13.3. The van der Waals surface area contributed by atoms with Crippen LogP contribution in [0.2, 0.25) is 5.02 Å².